The van der Waals surface area contributed by atoms with Crippen molar-refractivity contribution in [2.45, 2.75) is 30.3 Å². The highest BCUT2D eigenvalue weighted by atomic mass is 32.2. The Bertz CT molecular complexity index is 684. The number of hydrogen-bond donors (Lipinski definition) is 2. The van der Waals surface area contributed by atoms with Gasteiger partial charge >= 0.3 is 6.03 Å². The quantitative estimate of drug-likeness (QED) is 0.790. The lowest BCUT2D eigenvalue weighted by molar-refractivity contribution is 0.190. The van der Waals surface area contributed by atoms with Crippen LogP contribution in [0.3, 0.4) is 0 Å². The van der Waals surface area contributed by atoms with Gasteiger partial charge in [0.25, 0.3) is 0 Å². The number of likely N-dealkylation sites (tertiary alicyclic amines) is 1. The Morgan fingerprint density at radius 2 is 1.88 bits per heavy atom. The van der Waals surface area contributed by atoms with Crippen molar-refractivity contribution in [1.29, 1.82) is 0 Å². The fourth-order valence-corrected chi connectivity index (χ4v) is 3.59. The molecule has 2 amide bonds. The average Bonchev–Trinajstić information content (AvgIpc) is 2.64. The first-order chi connectivity index (χ1) is 12.2. The number of hydrogen-bond acceptors (Lipinski definition) is 3. The average molecular weight is 356 g/mol. The number of urea groups is 1. The van der Waals surface area contributed by atoms with Gasteiger partial charge in [-0.2, -0.15) is 0 Å². The van der Waals surface area contributed by atoms with Gasteiger partial charge < -0.3 is 10.6 Å². The van der Waals surface area contributed by atoms with E-state index in [1.807, 2.05) is 36.6 Å². The Morgan fingerprint density at radius 3 is 2.60 bits per heavy atom. The number of amides is 2. The highest BCUT2D eigenvalue weighted by Gasteiger charge is 2.20. The Labute approximate surface area is 154 Å². The standard InChI is InChI=1S/C20H25N3OS/c1-25-19-9-5-8-18(14-19)22-20(24)21-17-10-12-23(13-11-17)15-16-6-3-2-4-7-16/h2-9,14,17H,10-13,15H2,1H3,(H2,21,22,24). The number of rotatable bonds is 5. The number of nitrogens with zero attached hydrogens (tertiary/aromatic N) is 1. The molecule has 1 fully saturated rings. The zero-order chi connectivity index (χ0) is 17.5. The molecular formula is C20H25N3OS. The van der Waals surface area contributed by atoms with Crippen molar-refractivity contribution < 1.29 is 4.79 Å². The fraction of sp³-hybridized carbons (Fsp3) is 0.350. The van der Waals surface area contributed by atoms with E-state index in [-0.39, 0.29) is 12.1 Å². The summed E-state index contributed by atoms with van der Waals surface area (Å²) < 4.78 is 0. The Hall–Kier alpha value is -1.98. The molecule has 5 heteroatoms. The summed E-state index contributed by atoms with van der Waals surface area (Å²) in [5, 5.41) is 6.04. The minimum atomic E-state index is -0.111. The van der Waals surface area contributed by atoms with E-state index in [0.29, 0.717) is 0 Å². The van der Waals surface area contributed by atoms with E-state index in [9.17, 15) is 4.79 Å². The summed E-state index contributed by atoms with van der Waals surface area (Å²) in [6.45, 7) is 3.02. The summed E-state index contributed by atoms with van der Waals surface area (Å²) in [6.07, 6.45) is 4.01. The van der Waals surface area contributed by atoms with Crippen molar-refractivity contribution >= 4 is 23.5 Å². The zero-order valence-electron chi connectivity index (χ0n) is 14.6. The molecule has 2 N–H and O–H groups in total. The van der Waals surface area contributed by atoms with Crippen molar-refractivity contribution in [2.24, 2.45) is 0 Å². The van der Waals surface area contributed by atoms with Crippen molar-refractivity contribution in [3.8, 4) is 0 Å². The molecule has 0 saturated carbocycles. The van der Waals surface area contributed by atoms with Crippen LogP contribution in [0.5, 0.6) is 0 Å². The van der Waals surface area contributed by atoms with Crippen LogP contribution < -0.4 is 10.6 Å². The van der Waals surface area contributed by atoms with Gasteiger partial charge in [0.15, 0.2) is 0 Å². The summed E-state index contributed by atoms with van der Waals surface area (Å²) in [4.78, 5) is 15.8. The second-order valence-corrected chi connectivity index (χ2v) is 7.25. The lowest BCUT2D eigenvalue weighted by Crippen LogP contribution is -2.45. The number of anilines is 1. The molecule has 1 heterocycles. The van der Waals surface area contributed by atoms with Crippen molar-refractivity contribution in [2.75, 3.05) is 24.7 Å². The Kier molecular flexibility index (Phi) is 6.36. The van der Waals surface area contributed by atoms with Gasteiger partial charge in [-0.05, 0) is 42.9 Å². The van der Waals surface area contributed by atoms with Crippen LogP contribution in [-0.4, -0.2) is 36.3 Å². The van der Waals surface area contributed by atoms with Gasteiger partial charge in [0.05, 0.1) is 0 Å². The molecule has 4 nitrogen and oxygen atoms in total. The SMILES string of the molecule is CSc1cccc(NC(=O)NC2CCN(Cc3ccccc3)CC2)c1. The number of piperidine rings is 1. The number of carbonyl (C=O) groups excluding carboxylic acids is 1. The summed E-state index contributed by atoms with van der Waals surface area (Å²) in [5.41, 5.74) is 2.19. The second-order valence-electron chi connectivity index (χ2n) is 6.37. The van der Waals surface area contributed by atoms with Crippen LogP contribution in [0.2, 0.25) is 0 Å². The highest BCUT2D eigenvalue weighted by molar-refractivity contribution is 7.98. The number of thioether (sulfide) groups is 1. The molecule has 2 aromatic carbocycles. The number of benzene rings is 2. The smallest absolute Gasteiger partial charge is 0.319 e. The molecule has 0 spiro atoms. The van der Waals surface area contributed by atoms with Gasteiger partial charge in [-0.3, -0.25) is 4.90 Å². The Morgan fingerprint density at radius 1 is 1.12 bits per heavy atom. The van der Waals surface area contributed by atoms with E-state index in [4.69, 9.17) is 0 Å². The maximum Gasteiger partial charge on any atom is 0.319 e. The lowest BCUT2D eigenvalue weighted by atomic mass is 10.0. The third kappa shape index (κ3) is 5.51. The van der Waals surface area contributed by atoms with Gasteiger partial charge in [0, 0.05) is 36.3 Å². The van der Waals surface area contributed by atoms with E-state index < -0.39 is 0 Å². The molecule has 1 saturated heterocycles. The topological polar surface area (TPSA) is 44.4 Å². The van der Waals surface area contributed by atoms with Gasteiger partial charge in [0.1, 0.15) is 0 Å². The van der Waals surface area contributed by atoms with E-state index in [1.54, 1.807) is 11.8 Å². The first-order valence-corrected chi connectivity index (χ1v) is 9.93. The molecule has 25 heavy (non-hydrogen) atoms. The van der Waals surface area contributed by atoms with E-state index >= 15 is 0 Å². The molecule has 0 bridgehead atoms. The highest BCUT2D eigenvalue weighted by Crippen LogP contribution is 2.19. The van der Waals surface area contributed by atoms with Gasteiger partial charge in [-0.1, -0.05) is 36.4 Å². The summed E-state index contributed by atoms with van der Waals surface area (Å²) in [7, 11) is 0. The second kappa shape index (κ2) is 8.92. The van der Waals surface area contributed by atoms with Crippen LogP contribution in [-0.2, 0) is 6.54 Å². The summed E-state index contributed by atoms with van der Waals surface area (Å²) in [5.74, 6) is 0. The largest absolute Gasteiger partial charge is 0.335 e. The minimum absolute atomic E-state index is 0.111. The molecule has 0 atom stereocenters. The molecule has 132 valence electrons. The maximum absolute atomic E-state index is 12.2. The van der Waals surface area contributed by atoms with Crippen molar-refractivity contribution in [3.63, 3.8) is 0 Å². The van der Waals surface area contributed by atoms with Gasteiger partial charge in [-0.15, -0.1) is 11.8 Å². The fourth-order valence-electron chi connectivity index (χ4n) is 3.13. The molecule has 0 radical (unpaired) electrons. The van der Waals surface area contributed by atoms with Crippen LogP contribution in [0, 0.1) is 0 Å². The molecule has 0 aromatic heterocycles. The molecule has 1 aliphatic rings. The lowest BCUT2D eigenvalue weighted by Gasteiger charge is -2.32. The molecule has 0 aliphatic carbocycles. The molecule has 0 unspecified atom stereocenters. The van der Waals surface area contributed by atoms with Crippen LogP contribution >= 0.6 is 11.8 Å². The molecular weight excluding hydrogens is 330 g/mol. The van der Waals surface area contributed by atoms with Crippen LogP contribution in [0.15, 0.2) is 59.5 Å². The van der Waals surface area contributed by atoms with Gasteiger partial charge in [-0.25, -0.2) is 4.79 Å². The minimum Gasteiger partial charge on any atom is -0.335 e. The number of nitrogens with one attached hydrogen (secondary N) is 2. The van der Waals surface area contributed by atoms with Crippen LogP contribution in [0.4, 0.5) is 10.5 Å². The van der Waals surface area contributed by atoms with E-state index in [0.717, 1.165) is 43.1 Å². The van der Waals surface area contributed by atoms with Crippen LogP contribution in [0.25, 0.3) is 0 Å². The third-order valence-corrected chi connectivity index (χ3v) is 5.22. The normalized spacial score (nSPS) is 15.7. The summed E-state index contributed by atoms with van der Waals surface area (Å²) >= 11 is 1.67. The van der Waals surface area contributed by atoms with Crippen LogP contribution in [0.1, 0.15) is 18.4 Å². The van der Waals surface area contributed by atoms with Gasteiger partial charge in [0.2, 0.25) is 0 Å². The summed E-state index contributed by atoms with van der Waals surface area (Å²) in [6, 6.07) is 18.6. The third-order valence-electron chi connectivity index (χ3n) is 4.50. The van der Waals surface area contributed by atoms with Crippen molar-refractivity contribution in [1.82, 2.24) is 10.2 Å². The monoisotopic (exact) mass is 355 g/mol. The number of carbonyl (C=O) groups is 1. The van der Waals surface area contributed by atoms with E-state index in [1.165, 1.54) is 5.56 Å². The Balaban J connectivity index is 1.43. The zero-order valence-corrected chi connectivity index (χ0v) is 15.4. The molecule has 1 aliphatic heterocycles. The first kappa shape index (κ1) is 17.8. The predicted octanol–water partition coefficient (Wildman–Crippen LogP) is 4.19. The predicted molar refractivity (Wildman–Crippen MR) is 105 cm³/mol. The first-order valence-electron chi connectivity index (χ1n) is 8.71. The molecule has 3 rings (SSSR count). The maximum atomic E-state index is 12.2. The van der Waals surface area contributed by atoms with E-state index in [2.05, 4.69) is 39.8 Å². The van der Waals surface area contributed by atoms with Crippen molar-refractivity contribution in [3.05, 3.63) is 60.2 Å². The molecule has 2 aromatic rings.